The van der Waals surface area contributed by atoms with E-state index in [0.717, 1.165) is 16.6 Å². The van der Waals surface area contributed by atoms with Crippen LogP contribution in [0.5, 0.6) is 0 Å². The minimum Gasteiger partial charge on any atom is -0.354 e. The predicted octanol–water partition coefficient (Wildman–Crippen LogP) is 4.56. The highest BCUT2D eigenvalue weighted by Gasteiger charge is 2.26. The van der Waals surface area contributed by atoms with E-state index in [1.54, 1.807) is 36.7 Å². The van der Waals surface area contributed by atoms with Gasteiger partial charge < -0.3 is 10.6 Å². The second kappa shape index (κ2) is 7.09. The molecule has 2 aromatic carbocycles. The summed E-state index contributed by atoms with van der Waals surface area (Å²) >= 11 is 0. The zero-order valence-electron chi connectivity index (χ0n) is 15.3. The topological polar surface area (TPSA) is 132 Å². The molecule has 0 atom stereocenters. The molecule has 0 aliphatic rings. The first-order valence-corrected chi connectivity index (χ1v) is 8.92. The molecule has 2 N–H and O–H groups in total. The molecule has 0 aliphatic carbocycles. The number of benzene rings is 2. The van der Waals surface area contributed by atoms with Gasteiger partial charge in [-0.05, 0) is 52.8 Å². The van der Waals surface area contributed by atoms with Gasteiger partial charge in [0.25, 0.3) is 0 Å². The summed E-state index contributed by atoms with van der Waals surface area (Å²) in [6.45, 7) is 0. The maximum Gasteiger partial charge on any atom is 0.324 e. The minimum atomic E-state index is -0.525. The normalized spacial score (nSPS) is 10.9. The molecule has 0 unspecified atom stereocenters. The fourth-order valence-corrected chi connectivity index (χ4v) is 3.19. The van der Waals surface area contributed by atoms with Crippen molar-refractivity contribution in [3.8, 4) is 0 Å². The molecule has 0 bridgehead atoms. The molecule has 10 nitrogen and oxygen atoms in total. The minimum absolute atomic E-state index is 0.0332. The summed E-state index contributed by atoms with van der Waals surface area (Å²) in [7, 11) is 0. The van der Waals surface area contributed by atoms with Gasteiger partial charge in [0.15, 0.2) is 5.52 Å². The van der Waals surface area contributed by atoms with Crippen molar-refractivity contribution in [1.29, 1.82) is 0 Å². The summed E-state index contributed by atoms with van der Waals surface area (Å²) in [6, 6.07) is 16.3. The summed E-state index contributed by atoms with van der Waals surface area (Å²) < 4.78 is 4.81. The number of hydrogen-bond acceptors (Lipinski definition) is 9. The Morgan fingerprint density at radius 1 is 0.867 bits per heavy atom. The highest BCUT2D eigenvalue weighted by molar-refractivity contribution is 6.01. The molecule has 0 radical (unpaired) electrons. The summed E-state index contributed by atoms with van der Waals surface area (Å²) in [5.74, 6) is 0.458. The Bertz CT molecular complexity index is 1390. The van der Waals surface area contributed by atoms with Crippen LogP contribution in [-0.2, 0) is 0 Å². The maximum absolute atomic E-state index is 11.7. The van der Waals surface area contributed by atoms with Crippen molar-refractivity contribution in [1.82, 2.24) is 20.3 Å². The zero-order chi connectivity index (χ0) is 20.5. The first-order chi connectivity index (χ1) is 14.7. The van der Waals surface area contributed by atoms with Gasteiger partial charge in [-0.2, -0.15) is 0 Å². The Balaban J connectivity index is 1.63. The maximum atomic E-state index is 11.7. The van der Waals surface area contributed by atoms with Crippen LogP contribution in [-0.4, -0.2) is 25.2 Å². The Morgan fingerprint density at radius 2 is 1.73 bits per heavy atom. The van der Waals surface area contributed by atoms with Gasteiger partial charge in [-0.3, -0.25) is 15.1 Å². The van der Waals surface area contributed by atoms with E-state index >= 15 is 0 Å². The summed E-state index contributed by atoms with van der Waals surface area (Å²) in [4.78, 5) is 19.7. The monoisotopic (exact) mass is 399 g/mol. The molecule has 5 aromatic rings. The molecule has 0 saturated heterocycles. The van der Waals surface area contributed by atoms with Crippen LogP contribution in [0.15, 0.2) is 71.6 Å². The lowest BCUT2D eigenvalue weighted by Gasteiger charge is -2.11. The Hall–Kier alpha value is -4.60. The van der Waals surface area contributed by atoms with Gasteiger partial charge in [-0.15, -0.1) is 0 Å². The first-order valence-electron chi connectivity index (χ1n) is 8.92. The number of rotatable bonds is 5. The number of nitro benzene ring substituents is 1. The molecule has 0 aliphatic heterocycles. The molecular weight excluding hydrogens is 386 g/mol. The van der Waals surface area contributed by atoms with Gasteiger partial charge in [0.05, 0.1) is 16.1 Å². The van der Waals surface area contributed by atoms with Crippen LogP contribution in [0.1, 0.15) is 0 Å². The van der Waals surface area contributed by atoms with Crippen molar-refractivity contribution >= 4 is 50.5 Å². The number of nitrogens with one attached hydrogen (secondary N) is 2. The van der Waals surface area contributed by atoms with Crippen LogP contribution in [0.4, 0.5) is 28.6 Å². The molecule has 3 aromatic heterocycles. The van der Waals surface area contributed by atoms with E-state index < -0.39 is 4.92 Å². The number of nitrogens with zero attached hydrogens (tertiary/aromatic N) is 5. The van der Waals surface area contributed by atoms with E-state index in [1.807, 2.05) is 30.3 Å². The van der Waals surface area contributed by atoms with Gasteiger partial charge >= 0.3 is 5.69 Å². The number of nitro groups is 1. The van der Waals surface area contributed by atoms with Gasteiger partial charge in [0.1, 0.15) is 11.5 Å². The van der Waals surface area contributed by atoms with Crippen LogP contribution < -0.4 is 10.6 Å². The van der Waals surface area contributed by atoms with Gasteiger partial charge in [0, 0.05) is 23.5 Å². The SMILES string of the molecule is O=[N+]([O-])c1c(Nc2ccccn2)cc(Nc2ccc3ncccc3c2)c2nonc12. The van der Waals surface area contributed by atoms with Crippen LogP contribution in [0, 0.1) is 10.1 Å². The Morgan fingerprint density at radius 3 is 2.57 bits per heavy atom. The van der Waals surface area contributed by atoms with Crippen molar-refractivity contribution in [2.45, 2.75) is 0 Å². The van der Waals surface area contributed by atoms with E-state index in [0.29, 0.717) is 11.5 Å². The van der Waals surface area contributed by atoms with Crippen LogP contribution in [0.2, 0.25) is 0 Å². The summed E-state index contributed by atoms with van der Waals surface area (Å²) in [6.07, 6.45) is 3.32. The molecule has 0 fully saturated rings. The summed E-state index contributed by atoms with van der Waals surface area (Å²) in [5, 5.41) is 26.5. The number of pyridine rings is 2. The number of fused-ring (bicyclic) bond motifs is 2. The van der Waals surface area contributed by atoms with Crippen molar-refractivity contribution in [3.05, 3.63) is 77.1 Å². The largest absolute Gasteiger partial charge is 0.354 e. The van der Waals surface area contributed by atoms with Crippen molar-refractivity contribution in [2.24, 2.45) is 0 Å². The zero-order valence-corrected chi connectivity index (χ0v) is 15.3. The van der Waals surface area contributed by atoms with E-state index in [1.165, 1.54) is 0 Å². The Kier molecular flexibility index (Phi) is 4.14. The molecule has 3 heterocycles. The van der Waals surface area contributed by atoms with Crippen molar-refractivity contribution in [3.63, 3.8) is 0 Å². The van der Waals surface area contributed by atoms with Gasteiger partial charge in [-0.1, -0.05) is 12.1 Å². The third kappa shape index (κ3) is 3.11. The lowest BCUT2D eigenvalue weighted by molar-refractivity contribution is -0.382. The molecule has 0 spiro atoms. The van der Waals surface area contributed by atoms with Gasteiger partial charge in [0.2, 0.25) is 5.52 Å². The number of anilines is 4. The van der Waals surface area contributed by atoms with E-state index in [9.17, 15) is 10.1 Å². The quantitative estimate of drug-likeness (QED) is 0.322. The lowest BCUT2D eigenvalue weighted by atomic mass is 10.1. The molecule has 0 saturated carbocycles. The number of aromatic nitrogens is 4. The fraction of sp³-hybridized carbons (Fsp3) is 0. The predicted molar refractivity (Wildman–Crippen MR) is 111 cm³/mol. The standard InChI is InChI=1S/C20H13N7O3/c28-27(29)20-16(24-17-5-1-2-8-22-17)11-15(18-19(20)26-30-25-18)23-13-6-7-14-12(10-13)4-3-9-21-14/h1-11,23H,(H,22,24). The Labute approximate surface area is 168 Å². The number of hydrogen-bond donors (Lipinski definition) is 2. The second-order valence-electron chi connectivity index (χ2n) is 6.41. The second-order valence-corrected chi connectivity index (χ2v) is 6.41. The molecular formula is C20H13N7O3. The van der Waals surface area contributed by atoms with Crippen LogP contribution in [0.3, 0.4) is 0 Å². The molecule has 10 heteroatoms. The van der Waals surface area contributed by atoms with Gasteiger partial charge in [-0.25, -0.2) is 9.61 Å². The van der Waals surface area contributed by atoms with Crippen LogP contribution in [0.25, 0.3) is 21.9 Å². The van der Waals surface area contributed by atoms with E-state index in [-0.39, 0.29) is 22.4 Å². The van der Waals surface area contributed by atoms with Crippen molar-refractivity contribution < 1.29 is 9.55 Å². The average Bonchev–Trinajstić information content (AvgIpc) is 3.24. The highest BCUT2D eigenvalue weighted by atomic mass is 16.6. The van der Waals surface area contributed by atoms with E-state index in [4.69, 9.17) is 4.63 Å². The smallest absolute Gasteiger partial charge is 0.324 e. The molecule has 146 valence electrons. The first kappa shape index (κ1) is 17.5. The highest BCUT2D eigenvalue weighted by Crippen LogP contribution is 2.39. The molecule has 30 heavy (non-hydrogen) atoms. The third-order valence-corrected chi connectivity index (χ3v) is 4.50. The van der Waals surface area contributed by atoms with E-state index in [2.05, 4.69) is 30.9 Å². The average molecular weight is 399 g/mol. The summed E-state index contributed by atoms with van der Waals surface area (Å²) in [5.41, 5.74) is 2.37. The van der Waals surface area contributed by atoms with Crippen molar-refractivity contribution in [2.75, 3.05) is 10.6 Å². The fourth-order valence-electron chi connectivity index (χ4n) is 3.19. The van der Waals surface area contributed by atoms with Crippen LogP contribution >= 0.6 is 0 Å². The third-order valence-electron chi connectivity index (χ3n) is 4.50. The molecule has 5 rings (SSSR count). The lowest BCUT2D eigenvalue weighted by Crippen LogP contribution is -2.02. The molecule has 0 amide bonds.